The second-order valence-electron chi connectivity index (χ2n) is 8.52. The van der Waals surface area contributed by atoms with E-state index in [-0.39, 0.29) is 23.4 Å². The molecule has 180 valence electrons. The van der Waals surface area contributed by atoms with Crippen LogP contribution in [0.2, 0.25) is 0 Å². The van der Waals surface area contributed by atoms with Crippen LogP contribution >= 0.6 is 0 Å². The minimum atomic E-state index is -0.800. The molecule has 0 radical (unpaired) electrons. The topological polar surface area (TPSA) is 73.7 Å². The molecule has 1 atom stereocenters. The summed E-state index contributed by atoms with van der Waals surface area (Å²) in [6, 6.07) is 14.6. The first-order valence-corrected chi connectivity index (χ1v) is 11.6. The summed E-state index contributed by atoms with van der Waals surface area (Å²) < 4.78 is 13.8. The Kier molecular flexibility index (Phi) is 6.96. The monoisotopic (exact) mass is 473 g/mol. The smallest absolute Gasteiger partial charge is 0.295 e. The summed E-state index contributed by atoms with van der Waals surface area (Å²) in [5.74, 6) is -2.21. The average Bonchev–Trinajstić information content (AvgIpc) is 3.12. The molecule has 35 heavy (non-hydrogen) atoms. The molecule has 1 aliphatic heterocycles. The third kappa shape index (κ3) is 4.67. The van der Waals surface area contributed by atoms with Crippen LogP contribution in [0, 0.1) is 12.7 Å². The number of carbonyl (C=O) groups excluding carboxylic acids is 2. The third-order valence-electron chi connectivity index (χ3n) is 6.38. The van der Waals surface area contributed by atoms with Crippen molar-refractivity contribution in [3.8, 4) is 0 Å². The van der Waals surface area contributed by atoms with Gasteiger partial charge in [-0.25, -0.2) is 4.39 Å². The van der Waals surface area contributed by atoms with Gasteiger partial charge in [-0.3, -0.25) is 14.6 Å². The largest absolute Gasteiger partial charge is 0.507 e. The molecule has 2 aromatic carbocycles. The molecule has 1 amide bonds. The number of amides is 1. The molecule has 1 aliphatic rings. The van der Waals surface area contributed by atoms with Crippen LogP contribution in [-0.4, -0.2) is 39.8 Å². The van der Waals surface area contributed by atoms with E-state index in [1.807, 2.05) is 30.3 Å². The van der Waals surface area contributed by atoms with Gasteiger partial charge in [-0.1, -0.05) is 18.2 Å². The van der Waals surface area contributed by atoms with E-state index in [1.165, 1.54) is 23.1 Å². The third-order valence-corrected chi connectivity index (χ3v) is 6.38. The Morgan fingerprint density at radius 3 is 2.40 bits per heavy atom. The van der Waals surface area contributed by atoms with Gasteiger partial charge in [0.1, 0.15) is 11.6 Å². The minimum Gasteiger partial charge on any atom is -0.507 e. The zero-order valence-electron chi connectivity index (χ0n) is 20.0. The van der Waals surface area contributed by atoms with Crippen molar-refractivity contribution in [2.24, 2.45) is 0 Å². The Bertz CT molecular complexity index is 1270. The highest BCUT2D eigenvalue weighted by molar-refractivity contribution is 6.46. The van der Waals surface area contributed by atoms with Crippen molar-refractivity contribution in [3.63, 3.8) is 0 Å². The number of likely N-dealkylation sites (tertiary alicyclic amines) is 1. The van der Waals surface area contributed by atoms with Gasteiger partial charge in [0.05, 0.1) is 11.6 Å². The number of aryl methyl sites for hydroxylation is 1. The standard InChI is InChI=1S/C28H28FN3O3/c1-4-31(5-2)22-11-8-20(9-12-22)25-24(26(33)21-10-13-23(29)18(3)15-21)27(34)28(35)32(25)17-19-7-6-14-30-16-19/h6-16,25,33H,4-5,17H2,1-3H3/b26-24-. The lowest BCUT2D eigenvalue weighted by molar-refractivity contribution is -0.140. The average molecular weight is 474 g/mol. The van der Waals surface area contributed by atoms with Crippen LogP contribution in [0.5, 0.6) is 0 Å². The number of hydrogen-bond acceptors (Lipinski definition) is 5. The van der Waals surface area contributed by atoms with Crippen molar-refractivity contribution < 1.29 is 19.1 Å². The van der Waals surface area contributed by atoms with E-state index >= 15 is 0 Å². The second kappa shape index (κ2) is 10.1. The fraction of sp³-hybridized carbons (Fsp3) is 0.250. The Morgan fingerprint density at radius 2 is 1.80 bits per heavy atom. The lowest BCUT2D eigenvalue weighted by atomic mass is 9.94. The number of Topliss-reactive ketones (excluding diaryl/α,β-unsaturated/α-hetero) is 1. The molecule has 1 N–H and O–H groups in total. The van der Waals surface area contributed by atoms with Gasteiger partial charge in [0.25, 0.3) is 11.7 Å². The predicted octanol–water partition coefficient (Wildman–Crippen LogP) is 5.00. The van der Waals surface area contributed by atoms with E-state index in [0.717, 1.165) is 24.3 Å². The van der Waals surface area contributed by atoms with Gasteiger partial charge in [-0.05, 0) is 73.9 Å². The minimum absolute atomic E-state index is 0.0134. The first-order chi connectivity index (χ1) is 16.8. The molecular formula is C28H28FN3O3. The predicted molar refractivity (Wildman–Crippen MR) is 133 cm³/mol. The van der Waals surface area contributed by atoms with E-state index in [1.54, 1.807) is 25.4 Å². The van der Waals surface area contributed by atoms with Crippen LogP contribution in [0.1, 0.15) is 42.1 Å². The van der Waals surface area contributed by atoms with Crippen molar-refractivity contribution >= 4 is 23.1 Å². The maximum Gasteiger partial charge on any atom is 0.295 e. The van der Waals surface area contributed by atoms with Crippen molar-refractivity contribution in [1.82, 2.24) is 9.88 Å². The molecule has 7 heteroatoms. The molecule has 0 saturated carbocycles. The number of hydrogen-bond donors (Lipinski definition) is 1. The van der Waals surface area contributed by atoms with Crippen LogP contribution < -0.4 is 4.90 Å². The van der Waals surface area contributed by atoms with Crippen molar-refractivity contribution in [3.05, 3.63) is 101 Å². The number of carbonyl (C=O) groups is 2. The van der Waals surface area contributed by atoms with Gasteiger partial charge >= 0.3 is 0 Å². The molecule has 1 fully saturated rings. The normalized spacial score (nSPS) is 17.1. The molecule has 0 spiro atoms. The Labute approximate surface area is 204 Å². The maximum absolute atomic E-state index is 13.8. The van der Waals surface area contributed by atoms with Crippen LogP contribution in [-0.2, 0) is 16.1 Å². The fourth-order valence-electron chi connectivity index (χ4n) is 4.48. The molecule has 6 nitrogen and oxygen atoms in total. The van der Waals surface area contributed by atoms with E-state index in [4.69, 9.17) is 0 Å². The first kappa shape index (κ1) is 24.1. The highest BCUT2D eigenvalue weighted by atomic mass is 19.1. The number of nitrogens with zero attached hydrogens (tertiary/aromatic N) is 3. The van der Waals surface area contributed by atoms with Crippen LogP contribution in [0.15, 0.2) is 72.6 Å². The summed E-state index contributed by atoms with van der Waals surface area (Å²) in [4.78, 5) is 34.1. The Balaban J connectivity index is 1.84. The van der Waals surface area contributed by atoms with Crippen molar-refractivity contribution in [2.45, 2.75) is 33.4 Å². The van der Waals surface area contributed by atoms with Gasteiger partial charge in [-0.15, -0.1) is 0 Å². The highest BCUT2D eigenvalue weighted by Gasteiger charge is 2.46. The highest BCUT2D eigenvalue weighted by Crippen LogP contribution is 2.40. The van der Waals surface area contributed by atoms with Gasteiger partial charge < -0.3 is 14.9 Å². The summed E-state index contributed by atoms with van der Waals surface area (Å²) in [5.41, 5.74) is 3.09. The summed E-state index contributed by atoms with van der Waals surface area (Å²) in [5, 5.41) is 11.2. The van der Waals surface area contributed by atoms with E-state index in [9.17, 15) is 19.1 Å². The van der Waals surface area contributed by atoms with Crippen LogP contribution in [0.4, 0.5) is 10.1 Å². The van der Waals surface area contributed by atoms with Gasteiger partial charge in [-0.2, -0.15) is 0 Å². The van der Waals surface area contributed by atoms with Gasteiger partial charge in [0.2, 0.25) is 0 Å². The first-order valence-electron chi connectivity index (χ1n) is 11.6. The van der Waals surface area contributed by atoms with E-state index in [2.05, 4.69) is 23.7 Å². The van der Waals surface area contributed by atoms with E-state index < -0.39 is 23.5 Å². The molecule has 3 aromatic rings. The number of aliphatic hydroxyl groups is 1. The summed E-state index contributed by atoms with van der Waals surface area (Å²) in [6.07, 6.45) is 3.28. The summed E-state index contributed by atoms with van der Waals surface area (Å²) in [7, 11) is 0. The lowest BCUT2D eigenvalue weighted by Gasteiger charge is -2.26. The molecule has 1 aromatic heterocycles. The number of benzene rings is 2. The van der Waals surface area contributed by atoms with Crippen LogP contribution in [0.3, 0.4) is 0 Å². The molecule has 4 rings (SSSR count). The molecule has 0 aliphatic carbocycles. The zero-order valence-corrected chi connectivity index (χ0v) is 20.0. The second-order valence-corrected chi connectivity index (χ2v) is 8.52. The lowest BCUT2D eigenvalue weighted by Crippen LogP contribution is -2.29. The quantitative estimate of drug-likeness (QED) is 0.297. The number of halogens is 1. The van der Waals surface area contributed by atoms with Crippen molar-refractivity contribution in [2.75, 3.05) is 18.0 Å². The number of aromatic nitrogens is 1. The Hall–Kier alpha value is -4.00. The number of anilines is 1. The Morgan fingerprint density at radius 1 is 1.09 bits per heavy atom. The SMILES string of the molecule is CCN(CC)c1ccc(C2/C(=C(/O)c3ccc(F)c(C)c3)C(=O)C(=O)N2Cc2cccnc2)cc1. The number of ketones is 1. The number of rotatable bonds is 7. The number of aliphatic hydroxyl groups excluding tert-OH is 1. The van der Waals surface area contributed by atoms with Gasteiger partial charge in [0, 0.05) is 43.3 Å². The van der Waals surface area contributed by atoms with Gasteiger partial charge in [0.15, 0.2) is 0 Å². The van der Waals surface area contributed by atoms with Crippen molar-refractivity contribution in [1.29, 1.82) is 0 Å². The summed E-state index contributed by atoms with van der Waals surface area (Å²) in [6.45, 7) is 7.57. The molecular weight excluding hydrogens is 445 g/mol. The van der Waals surface area contributed by atoms with E-state index in [0.29, 0.717) is 11.1 Å². The fourth-order valence-corrected chi connectivity index (χ4v) is 4.48. The molecule has 2 heterocycles. The summed E-state index contributed by atoms with van der Waals surface area (Å²) >= 11 is 0. The molecule has 0 bridgehead atoms. The van der Waals surface area contributed by atoms with Crippen LogP contribution in [0.25, 0.3) is 5.76 Å². The zero-order chi connectivity index (χ0) is 25.1. The number of pyridine rings is 1. The molecule has 1 unspecified atom stereocenters. The molecule has 1 saturated heterocycles. The maximum atomic E-state index is 13.8.